The summed E-state index contributed by atoms with van der Waals surface area (Å²) in [6.07, 6.45) is 0. The molecule has 1 fully saturated rings. The summed E-state index contributed by atoms with van der Waals surface area (Å²) in [7, 11) is 2.06. The van der Waals surface area contributed by atoms with Crippen molar-refractivity contribution in [1.82, 2.24) is 9.80 Å². The van der Waals surface area contributed by atoms with E-state index in [0.717, 1.165) is 13.1 Å². The third-order valence-electron chi connectivity index (χ3n) is 5.69. The molecular formula is C25H28ClN3O3. The number of nitrogens with zero attached hydrogens (tertiary/aromatic N) is 3. The summed E-state index contributed by atoms with van der Waals surface area (Å²) < 4.78 is 5.74. The first kappa shape index (κ1) is 22.4. The highest BCUT2D eigenvalue weighted by Gasteiger charge is 2.42. The Hall–Kier alpha value is -2.83. The minimum absolute atomic E-state index is 0.291. The number of imide groups is 1. The van der Waals surface area contributed by atoms with Crippen molar-refractivity contribution in [3.63, 3.8) is 0 Å². The van der Waals surface area contributed by atoms with Crippen molar-refractivity contribution in [2.24, 2.45) is 5.92 Å². The largest absolute Gasteiger partial charge is 0.493 e. The Kier molecular flexibility index (Phi) is 6.53. The highest BCUT2D eigenvalue weighted by molar-refractivity contribution is 6.45. The fourth-order valence-corrected chi connectivity index (χ4v) is 4.03. The van der Waals surface area contributed by atoms with Gasteiger partial charge in [0.25, 0.3) is 11.8 Å². The van der Waals surface area contributed by atoms with Crippen LogP contribution in [0.1, 0.15) is 19.4 Å². The fraction of sp³-hybridized carbons (Fsp3) is 0.360. The van der Waals surface area contributed by atoms with Gasteiger partial charge in [-0.2, -0.15) is 0 Å². The molecule has 32 heavy (non-hydrogen) atoms. The van der Waals surface area contributed by atoms with E-state index in [0.29, 0.717) is 58.9 Å². The van der Waals surface area contributed by atoms with Gasteiger partial charge < -0.3 is 14.5 Å². The molecule has 2 heterocycles. The number of likely N-dealkylation sites (N-methyl/N-ethyl adjacent to an activating group) is 1. The Balaban J connectivity index is 1.68. The number of hydrogen-bond donors (Lipinski definition) is 0. The number of piperazine rings is 1. The van der Waals surface area contributed by atoms with Crippen LogP contribution in [-0.2, 0) is 9.59 Å². The Labute approximate surface area is 194 Å². The fourth-order valence-electron chi connectivity index (χ4n) is 3.91. The first-order valence-electron chi connectivity index (χ1n) is 10.9. The summed E-state index contributed by atoms with van der Waals surface area (Å²) >= 11 is 6.06. The second-order valence-electron chi connectivity index (χ2n) is 8.67. The lowest BCUT2D eigenvalue weighted by Gasteiger charge is -2.34. The quantitative estimate of drug-likeness (QED) is 0.621. The Bertz CT molecular complexity index is 1020. The molecule has 1 saturated heterocycles. The van der Waals surface area contributed by atoms with E-state index < -0.39 is 0 Å². The van der Waals surface area contributed by atoms with E-state index >= 15 is 0 Å². The molecule has 2 aliphatic rings. The predicted octanol–water partition coefficient (Wildman–Crippen LogP) is 3.91. The van der Waals surface area contributed by atoms with Crippen LogP contribution in [-0.4, -0.2) is 61.4 Å². The maximum absolute atomic E-state index is 13.6. The Morgan fingerprint density at radius 2 is 1.53 bits per heavy atom. The van der Waals surface area contributed by atoms with Crippen LogP contribution in [0.15, 0.2) is 54.2 Å². The van der Waals surface area contributed by atoms with Gasteiger partial charge in [-0.1, -0.05) is 37.6 Å². The first-order chi connectivity index (χ1) is 15.3. The lowest BCUT2D eigenvalue weighted by atomic mass is 10.0. The molecule has 4 rings (SSSR count). The van der Waals surface area contributed by atoms with Gasteiger partial charge in [0.2, 0.25) is 0 Å². The number of anilines is 1. The summed E-state index contributed by atoms with van der Waals surface area (Å²) in [6.45, 7) is 7.83. The topological polar surface area (TPSA) is 53.1 Å². The molecule has 2 aliphatic heterocycles. The summed E-state index contributed by atoms with van der Waals surface area (Å²) in [6, 6.07) is 14.2. The average Bonchev–Trinajstić information content (AvgIpc) is 3.04. The van der Waals surface area contributed by atoms with Crippen LogP contribution in [0.5, 0.6) is 5.75 Å². The molecule has 2 aromatic rings. The highest BCUT2D eigenvalue weighted by Crippen LogP contribution is 2.36. The van der Waals surface area contributed by atoms with Gasteiger partial charge in [-0.15, -0.1) is 0 Å². The first-order valence-corrected chi connectivity index (χ1v) is 11.3. The van der Waals surface area contributed by atoms with E-state index in [2.05, 4.69) is 25.8 Å². The highest BCUT2D eigenvalue weighted by atomic mass is 35.5. The van der Waals surface area contributed by atoms with E-state index in [1.54, 1.807) is 48.5 Å². The maximum Gasteiger partial charge on any atom is 0.282 e. The molecule has 0 saturated carbocycles. The summed E-state index contributed by atoms with van der Waals surface area (Å²) in [5, 5.41) is 0.584. The molecular weight excluding hydrogens is 426 g/mol. The van der Waals surface area contributed by atoms with Gasteiger partial charge in [-0.3, -0.25) is 9.59 Å². The summed E-state index contributed by atoms with van der Waals surface area (Å²) in [5.74, 6) is 0.517. The number of carbonyl (C=O) groups excluding carboxylic acids is 2. The van der Waals surface area contributed by atoms with E-state index in [9.17, 15) is 9.59 Å². The molecule has 0 aliphatic carbocycles. The molecule has 0 bridgehead atoms. The molecule has 6 nitrogen and oxygen atoms in total. The molecule has 0 spiro atoms. The zero-order chi connectivity index (χ0) is 22.8. The second-order valence-corrected chi connectivity index (χ2v) is 9.10. The maximum atomic E-state index is 13.6. The van der Waals surface area contributed by atoms with Crippen LogP contribution in [0.3, 0.4) is 0 Å². The van der Waals surface area contributed by atoms with Gasteiger partial charge in [0.05, 0.1) is 17.9 Å². The molecule has 7 heteroatoms. The van der Waals surface area contributed by atoms with Crippen molar-refractivity contribution < 1.29 is 14.3 Å². The van der Waals surface area contributed by atoms with Crippen LogP contribution >= 0.6 is 11.6 Å². The van der Waals surface area contributed by atoms with Crippen LogP contribution in [0, 0.1) is 5.92 Å². The SMILES string of the molecule is CC(C)COc1ccc(N2C(=O)C(c3ccc(Cl)cc3)=C(N3CCN(C)CC3)C2=O)cc1. The second kappa shape index (κ2) is 9.35. The third kappa shape index (κ3) is 4.52. The van der Waals surface area contributed by atoms with Crippen LogP contribution in [0.4, 0.5) is 5.69 Å². The smallest absolute Gasteiger partial charge is 0.282 e. The standard InChI is InChI=1S/C25H28ClN3O3/c1-17(2)16-32-21-10-8-20(9-11-21)29-24(30)22(18-4-6-19(26)7-5-18)23(25(29)31)28-14-12-27(3)13-15-28/h4-11,17H,12-16H2,1-3H3. The zero-order valence-electron chi connectivity index (χ0n) is 18.7. The van der Waals surface area contributed by atoms with Crippen molar-refractivity contribution in [2.45, 2.75) is 13.8 Å². The number of hydrogen-bond acceptors (Lipinski definition) is 5. The number of ether oxygens (including phenoxy) is 1. The van der Waals surface area contributed by atoms with Gasteiger partial charge in [0.1, 0.15) is 11.4 Å². The molecule has 0 unspecified atom stereocenters. The average molecular weight is 454 g/mol. The van der Waals surface area contributed by atoms with Gasteiger partial charge >= 0.3 is 0 Å². The summed E-state index contributed by atoms with van der Waals surface area (Å²) in [4.78, 5) is 32.7. The van der Waals surface area contributed by atoms with Gasteiger partial charge in [0.15, 0.2) is 0 Å². The number of amides is 2. The molecule has 168 valence electrons. The number of benzene rings is 2. The van der Waals surface area contributed by atoms with Gasteiger partial charge in [0, 0.05) is 31.2 Å². The van der Waals surface area contributed by atoms with E-state index in [1.165, 1.54) is 4.90 Å². The van der Waals surface area contributed by atoms with Crippen LogP contribution in [0.25, 0.3) is 5.57 Å². The minimum atomic E-state index is -0.318. The molecule has 2 amide bonds. The zero-order valence-corrected chi connectivity index (χ0v) is 19.4. The van der Waals surface area contributed by atoms with Crippen molar-refractivity contribution >= 4 is 34.7 Å². The van der Waals surface area contributed by atoms with Crippen molar-refractivity contribution in [2.75, 3.05) is 44.7 Å². The normalized spacial score (nSPS) is 17.7. The number of carbonyl (C=O) groups is 2. The minimum Gasteiger partial charge on any atom is -0.493 e. The monoisotopic (exact) mass is 453 g/mol. The predicted molar refractivity (Wildman–Crippen MR) is 127 cm³/mol. The summed E-state index contributed by atoms with van der Waals surface area (Å²) in [5.41, 5.74) is 2.12. The van der Waals surface area contributed by atoms with E-state index in [-0.39, 0.29) is 11.8 Å². The molecule has 0 N–H and O–H groups in total. The van der Waals surface area contributed by atoms with E-state index in [1.807, 2.05) is 4.90 Å². The van der Waals surface area contributed by atoms with Gasteiger partial charge in [-0.25, -0.2) is 4.90 Å². The van der Waals surface area contributed by atoms with Crippen molar-refractivity contribution in [3.05, 3.63) is 64.8 Å². The molecule has 2 aromatic carbocycles. The molecule has 0 aromatic heterocycles. The Morgan fingerprint density at radius 1 is 0.906 bits per heavy atom. The Morgan fingerprint density at radius 3 is 2.12 bits per heavy atom. The number of rotatable bonds is 6. The lowest BCUT2D eigenvalue weighted by molar-refractivity contribution is -0.120. The van der Waals surface area contributed by atoms with Crippen LogP contribution < -0.4 is 9.64 Å². The van der Waals surface area contributed by atoms with Crippen molar-refractivity contribution in [3.8, 4) is 5.75 Å². The number of halogens is 1. The van der Waals surface area contributed by atoms with Gasteiger partial charge in [-0.05, 0) is 54.9 Å². The van der Waals surface area contributed by atoms with Crippen molar-refractivity contribution in [1.29, 1.82) is 0 Å². The van der Waals surface area contributed by atoms with E-state index in [4.69, 9.17) is 16.3 Å². The molecule has 0 atom stereocenters. The third-order valence-corrected chi connectivity index (χ3v) is 5.94. The lowest BCUT2D eigenvalue weighted by Crippen LogP contribution is -2.46. The van der Waals surface area contributed by atoms with Crippen LogP contribution in [0.2, 0.25) is 5.02 Å². The molecule has 0 radical (unpaired) electrons.